The molecular weight excluding hydrogens is 234 g/mol. The maximum Gasteiger partial charge on any atom is 0.325 e. The van der Waals surface area contributed by atoms with Crippen LogP contribution in [0.2, 0.25) is 0 Å². The number of rotatable bonds is 4. The minimum atomic E-state index is -0.493. The Morgan fingerprint density at radius 2 is 2.11 bits per heavy atom. The largest absolute Gasteiger partial charge is 0.370 e. The van der Waals surface area contributed by atoms with Gasteiger partial charge in [0.05, 0.1) is 0 Å². The summed E-state index contributed by atoms with van der Waals surface area (Å²) in [6.07, 6.45) is 2.65. The summed E-state index contributed by atoms with van der Waals surface area (Å²) in [5.74, 6) is 0.0293. The highest BCUT2D eigenvalue weighted by atomic mass is 16.2. The quantitative estimate of drug-likeness (QED) is 0.672. The molecule has 2 heterocycles. The van der Waals surface area contributed by atoms with Crippen LogP contribution in [0, 0.1) is 0 Å². The Morgan fingerprint density at radius 1 is 1.39 bits per heavy atom. The summed E-state index contributed by atoms with van der Waals surface area (Å²) >= 11 is 0. The third-order valence-corrected chi connectivity index (χ3v) is 3.40. The van der Waals surface area contributed by atoms with Crippen molar-refractivity contribution in [2.45, 2.75) is 38.4 Å². The molecule has 7 nitrogen and oxygen atoms in total. The summed E-state index contributed by atoms with van der Waals surface area (Å²) < 4.78 is 0. The SMILES string of the molecule is CCCCCN1C(N)=NC2C1C(=O)NC(=O)N2C. The molecule has 2 aliphatic rings. The first-order chi connectivity index (χ1) is 8.56. The van der Waals surface area contributed by atoms with Crippen LogP contribution in [-0.4, -0.2) is 53.5 Å². The number of amides is 3. The van der Waals surface area contributed by atoms with Crippen molar-refractivity contribution in [2.24, 2.45) is 10.7 Å². The third kappa shape index (κ3) is 2.00. The Hall–Kier alpha value is -1.79. The molecule has 0 saturated carbocycles. The van der Waals surface area contributed by atoms with E-state index in [9.17, 15) is 9.59 Å². The van der Waals surface area contributed by atoms with Gasteiger partial charge in [-0.15, -0.1) is 0 Å². The number of guanidine groups is 1. The molecule has 100 valence electrons. The first-order valence-electron chi connectivity index (χ1n) is 6.23. The molecule has 2 unspecified atom stereocenters. The normalized spacial score (nSPS) is 27.1. The number of likely N-dealkylation sites (N-methyl/N-ethyl adjacent to an activating group) is 1. The van der Waals surface area contributed by atoms with Crippen LogP contribution in [0.4, 0.5) is 4.79 Å². The molecule has 0 spiro atoms. The van der Waals surface area contributed by atoms with E-state index in [1.54, 1.807) is 11.9 Å². The summed E-state index contributed by atoms with van der Waals surface area (Å²) in [7, 11) is 1.62. The van der Waals surface area contributed by atoms with Gasteiger partial charge in [-0.25, -0.2) is 9.79 Å². The summed E-state index contributed by atoms with van der Waals surface area (Å²) in [6, 6.07) is -0.905. The number of urea groups is 1. The fraction of sp³-hybridized carbons (Fsp3) is 0.727. The zero-order valence-corrected chi connectivity index (χ0v) is 10.7. The van der Waals surface area contributed by atoms with Gasteiger partial charge in [-0.05, 0) is 6.42 Å². The van der Waals surface area contributed by atoms with Crippen LogP contribution in [-0.2, 0) is 4.79 Å². The Kier molecular flexibility index (Phi) is 3.40. The first-order valence-corrected chi connectivity index (χ1v) is 6.23. The highest BCUT2D eigenvalue weighted by molar-refractivity contribution is 6.03. The van der Waals surface area contributed by atoms with Crippen molar-refractivity contribution in [3.8, 4) is 0 Å². The molecule has 0 aliphatic carbocycles. The summed E-state index contributed by atoms with van der Waals surface area (Å²) in [5.41, 5.74) is 5.85. The van der Waals surface area contributed by atoms with Gasteiger partial charge in [0, 0.05) is 13.6 Å². The van der Waals surface area contributed by atoms with Crippen molar-refractivity contribution in [3.63, 3.8) is 0 Å². The second-order valence-electron chi connectivity index (χ2n) is 4.65. The molecule has 0 radical (unpaired) electrons. The molecule has 1 fully saturated rings. The standard InChI is InChI=1S/C11H19N5O2/c1-3-4-5-6-16-7-8(13-10(16)12)15(2)11(18)14-9(7)17/h7-8H,3-6H2,1-2H3,(H2,12,13)(H,14,17,18). The third-order valence-electron chi connectivity index (χ3n) is 3.40. The number of nitrogens with zero attached hydrogens (tertiary/aromatic N) is 3. The predicted octanol–water partition coefficient (Wildman–Crippen LogP) is -0.317. The van der Waals surface area contributed by atoms with Gasteiger partial charge in [0.15, 0.2) is 18.2 Å². The van der Waals surface area contributed by atoms with Gasteiger partial charge >= 0.3 is 6.03 Å². The molecular formula is C11H19N5O2. The number of nitrogens with one attached hydrogen (secondary N) is 1. The highest BCUT2D eigenvalue weighted by Crippen LogP contribution is 2.22. The second kappa shape index (κ2) is 4.83. The number of carbonyl (C=O) groups is 2. The Bertz CT molecular complexity index is 395. The minimum absolute atomic E-state index is 0.316. The lowest BCUT2D eigenvalue weighted by Gasteiger charge is -2.35. The van der Waals surface area contributed by atoms with Crippen LogP contribution in [0.5, 0.6) is 0 Å². The first kappa shape index (κ1) is 12.7. The zero-order chi connectivity index (χ0) is 13.3. The topological polar surface area (TPSA) is 91.0 Å². The fourth-order valence-electron chi connectivity index (χ4n) is 2.33. The van der Waals surface area contributed by atoms with Crippen molar-refractivity contribution < 1.29 is 9.59 Å². The van der Waals surface area contributed by atoms with Crippen LogP contribution >= 0.6 is 0 Å². The number of unbranched alkanes of at least 4 members (excludes halogenated alkanes) is 2. The summed E-state index contributed by atoms with van der Waals surface area (Å²) in [6.45, 7) is 2.81. The number of imide groups is 1. The molecule has 0 bridgehead atoms. The van der Waals surface area contributed by atoms with E-state index < -0.39 is 18.2 Å². The van der Waals surface area contributed by atoms with Crippen molar-refractivity contribution in [1.29, 1.82) is 0 Å². The molecule has 1 saturated heterocycles. The van der Waals surface area contributed by atoms with Crippen LogP contribution < -0.4 is 11.1 Å². The molecule has 2 aliphatic heterocycles. The van der Waals surface area contributed by atoms with Gasteiger partial charge < -0.3 is 15.5 Å². The number of hydrogen-bond acceptors (Lipinski definition) is 5. The summed E-state index contributed by atoms with van der Waals surface area (Å²) in [5, 5.41) is 2.32. The second-order valence-corrected chi connectivity index (χ2v) is 4.65. The highest BCUT2D eigenvalue weighted by Gasteiger charge is 2.47. The predicted molar refractivity (Wildman–Crippen MR) is 66.7 cm³/mol. The van der Waals surface area contributed by atoms with E-state index in [2.05, 4.69) is 17.2 Å². The molecule has 0 aromatic carbocycles. The van der Waals surface area contributed by atoms with Gasteiger partial charge in [-0.3, -0.25) is 10.1 Å². The van der Waals surface area contributed by atoms with Crippen molar-refractivity contribution in [2.75, 3.05) is 13.6 Å². The molecule has 18 heavy (non-hydrogen) atoms. The Balaban J connectivity index is 2.12. The average Bonchev–Trinajstić information content (AvgIpc) is 2.65. The molecule has 2 rings (SSSR count). The fourth-order valence-corrected chi connectivity index (χ4v) is 2.33. The van der Waals surface area contributed by atoms with Crippen LogP contribution in [0.1, 0.15) is 26.2 Å². The monoisotopic (exact) mass is 253 g/mol. The Labute approximate surface area is 106 Å². The number of carbonyl (C=O) groups excluding carboxylic acids is 2. The average molecular weight is 253 g/mol. The van der Waals surface area contributed by atoms with Crippen LogP contribution in [0.15, 0.2) is 4.99 Å². The zero-order valence-electron chi connectivity index (χ0n) is 10.7. The van der Waals surface area contributed by atoms with E-state index in [0.717, 1.165) is 19.3 Å². The van der Waals surface area contributed by atoms with E-state index in [0.29, 0.717) is 12.5 Å². The molecule has 3 N–H and O–H groups in total. The van der Waals surface area contributed by atoms with Crippen LogP contribution in [0.3, 0.4) is 0 Å². The van der Waals surface area contributed by atoms with Crippen molar-refractivity contribution in [3.05, 3.63) is 0 Å². The van der Waals surface area contributed by atoms with E-state index in [-0.39, 0.29) is 5.91 Å². The lowest BCUT2D eigenvalue weighted by Crippen LogP contribution is -2.64. The number of aliphatic imine (C=N–C) groups is 1. The van der Waals surface area contributed by atoms with Gasteiger partial charge in [-0.2, -0.15) is 0 Å². The van der Waals surface area contributed by atoms with Crippen molar-refractivity contribution >= 4 is 17.9 Å². The minimum Gasteiger partial charge on any atom is -0.370 e. The summed E-state index contributed by atoms with van der Waals surface area (Å²) in [4.78, 5) is 30.8. The van der Waals surface area contributed by atoms with E-state index >= 15 is 0 Å². The molecule has 7 heteroatoms. The maximum atomic E-state index is 11.9. The van der Waals surface area contributed by atoms with E-state index in [4.69, 9.17) is 5.73 Å². The smallest absolute Gasteiger partial charge is 0.325 e. The van der Waals surface area contributed by atoms with Gasteiger partial charge in [0.1, 0.15) is 0 Å². The lowest BCUT2D eigenvalue weighted by atomic mass is 10.1. The number of hydrogen-bond donors (Lipinski definition) is 2. The molecule has 3 amide bonds. The lowest BCUT2D eigenvalue weighted by molar-refractivity contribution is -0.127. The van der Waals surface area contributed by atoms with Gasteiger partial charge in [0.25, 0.3) is 5.91 Å². The maximum absolute atomic E-state index is 11.9. The van der Waals surface area contributed by atoms with Gasteiger partial charge in [-0.1, -0.05) is 19.8 Å². The molecule has 0 aromatic rings. The number of nitrogens with two attached hydrogens (primary N) is 1. The Morgan fingerprint density at radius 3 is 2.78 bits per heavy atom. The van der Waals surface area contributed by atoms with E-state index in [1.807, 2.05) is 0 Å². The van der Waals surface area contributed by atoms with E-state index in [1.165, 1.54) is 4.90 Å². The molecule has 0 aromatic heterocycles. The van der Waals surface area contributed by atoms with Gasteiger partial charge in [0.2, 0.25) is 0 Å². The van der Waals surface area contributed by atoms with Crippen molar-refractivity contribution in [1.82, 2.24) is 15.1 Å². The van der Waals surface area contributed by atoms with Crippen LogP contribution in [0.25, 0.3) is 0 Å². The number of fused-ring (bicyclic) bond motifs is 1. The molecule has 2 atom stereocenters.